The molecule has 0 atom stereocenters. The molecule has 0 bridgehead atoms. The number of fused-ring (bicyclic) bond motifs is 1. The van der Waals surface area contributed by atoms with E-state index in [-0.39, 0.29) is 5.91 Å². The predicted molar refractivity (Wildman–Crippen MR) is 143 cm³/mol. The third-order valence-corrected chi connectivity index (χ3v) is 6.13. The number of ether oxygens (including phenoxy) is 2. The molecule has 4 rings (SSSR count). The van der Waals surface area contributed by atoms with Gasteiger partial charge in [-0.15, -0.1) is 0 Å². The molecule has 0 unspecified atom stereocenters. The summed E-state index contributed by atoms with van der Waals surface area (Å²) in [5, 5.41) is 5.19. The van der Waals surface area contributed by atoms with E-state index in [1.165, 1.54) is 11.1 Å². The van der Waals surface area contributed by atoms with E-state index in [4.69, 9.17) is 9.47 Å². The SMILES string of the molecule is COc1ccc(CN(C)CCCc2ccc(NC(=O)c3ccc4ccccc4c3)cc2)cc1OC. The Hall–Kier alpha value is -3.83. The fourth-order valence-electron chi connectivity index (χ4n) is 4.21. The van der Waals surface area contributed by atoms with Crippen LogP contribution in [0.15, 0.2) is 84.9 Å². The lowest BCUT2D eigenvalue weighted by atomic mass is 10.1. The number of amides is 1. The van der Waals surface area contributed by atoms with E-state index in [1.54, 1.807) is 14.2 Å². The number of methoxy groups -OCH3 is 2. The first-order valence-electron chi connectivity index (χ1n) is 11.8. The van der Waals surface area contributed by atoms with Gasteiger partial charge in [-0.2, -0.15) is 0 Å². The van der Waals surface area contributed by atoms with Gasteiger partial charge < -0.3 is 19.7 Å². The van der Waals surface area contributed by atoms with Crippen molar-refractivity contribution in [3.63, 3.8) is 0 Å². The van der Waals surface area contributed by atoms with Gasteiger partial charge in [-0.05, 0) is 84.7 Å². The number of nitrogens with one attached hydrogen (secondary N) is 1. The van der Waals surface area contributed by atoms with Crippen LogP contribution in [0.3, 0.4) is 0 Å². The normalized spacial score (nSPS) is 11.0. The highest BCUT2D eigenvalue weighted by Crippen LogP contribution is 2.28. The molecule has 0 aromatic heterocycles. The van der Waals surface area contributed by atoms with Gasteiger partial charge in [-0.1, -0.05) is 48.5 Å². The van der Waals surface area contributed by atoms with Crippen molar-refractivity contribution in [2.45, 2.75) is 19.4 Å². The monoisotopic (exact) mass is 468 g/mol. The summed E-state index contributed by atoms with van der Waals surface area (Å²) in [6, 6.07) is 28.0. The highest BCUT2D eigenvalue weighted by molar-refractivity contribution is 6.06. The smallest absolute Gasteiger partial charge is 0.255 e. The van der Waals surface area contributed by atoms with E-state index in [0.717, 1.165) is 53.9 Å². The van der Waals surface area contributed by atoms with Gasteiger partial charge in [0.2, 0.25) is 0 Å². The van der Waals surface area contributed by atoms with Gasteiger partial charge in [0.25, 0.3) is 5.91 Å². The summed E-state index contributed by atoms with van der Waals surface area (Å²) in [7, 11) is 5.43. The van der Waals surface area contributed by atoms with Crippen molar-refractivity contribution in [3.05, 3.63) is 102 Å². The van der Waals surface area contributed by atoms with E-state index < -0.39 is 0 Å². The van der Waals surface area contributed by atoms with Crippen LogP contribution in [0, 0.1) is 0 Å². The van der Waals surface area contributed by atoms with Crippen LogP contribution in [-0.4, -0.2) is 38.6 Å². The third kappa shape index (κ3) is 6.40. The first kappa shape index (κ1) is 24.3. The van der Waals surface area contributed by atoms with Crippen molar-refractivity contribution in [2.24, 2.45) is 0 Å². The van der Waals surface area contributed by atoms with Crippen LogP contribution in [0.25, 0.3) is 10.8 Å². The standard InChI is InChI=1S/C30H32N2O3/c1-32(21-23-12-17-28(34-2)29(19-23)35-3)18-6-7-22-10-15-27(16-11-22)31-30(33)26-14-13-24-8-4-5-9-25(24)20-26/h4-5,8-17,19-20H,6-7,18,21H2,1-3H3,(H,31,33). The van der Waals surface area contributed by atoms with E-state index in [1.807, 2.05) is 66.7 Å². The average Bonchev–Trinajstić information content (AvgIpc) is 2.89. The van der Waals surface area contributed by atoms with Crippen LogP contribution in [0.4, 0.5) is 5.69 Å². The summed E-state index contributed by atoms with van der Waals surface area (Å²) < 4.78 is 10.7. The Labute approximate surface area is 207 Å². The lowest BCUT2D eigenvalue weighted by Crippen LogP contribution is -2.19. The molecule has 0 fully saturated rings. The van der Waals surface area contributed by atoms with Gasteiger partial charge in [-0.25, -0.2) is 0 Å². The van der Waals surface area contributed by atoms with Gasteiger partial charge in [0, 0.05) is 17.8 Å². The molecular weight excluding hydrogens is 436 g/mol. The van der Waals surface area contributed by atoms with Gasteiger partial charge in [-0.3, -0.25) is 4.79 Å². The molecule has 0 saturated heterocycles. The maximum absolute atomic E-state index is 12.7. The molecule has 5 nitrogen and oxygen atoms in total. The van der Waals surface area contributed by atoms with Gasteiger partial charge in [0.1, 0.15) is 0 Å². The number of anilines is 1. The van der Waals surface area contributed by atoms with Crippen molar-refractivity contribution in [1.82, 2.24) is 4.90 Å². The number of carbonyl (C=O) groups is 1. The zero-order valence-corrected chi connectivity index (χ0v) is 20.6. The van der Waals surface area contributed by atoms with Crippen LogP contribution >= 0.6 is 0 Å². The summed E-state index contributed by atoms with van der Waals surface area (Å²) in [6.45, 7) is 1.83. The Morgan fingerprint density at radius 1 is 0.800 bits per heavy atom. The number of hydrogen-bond acceptors (Lipinski definition) is 4. The molecule has 0 aliphatic heterocycles. The molecule has 4 aromatic carbocycles. The first-order chi connectivity index (χ1) is 17.1. The number of benzene rings is 4. The lowest BCUT2D eigenvalue weighted by Gasteiger charge is -2.18. The maximum atomic E-state index is 12.7. The summed E-state index contributed by atoms with van der Waals surface area (Å²) in [5.74, 6) is 1.40. The molecule has 1 N–H and O–H groups in total. The molecule has 0 aliphatic carbocycles. The number of carbonyl (C=O) groups excluding carboxylic acids is 1. The minimum Gasteiger partial charge on any atom is -0.493 e. The molecule has 4 aromatic rings. The number of aryl methyl sites for hydroxylation is 1. The maximum Gasteiger partial charge on any atom is 0.255 e. The van der Waals surface area contributed by atoms with Gasteiger partial charge >= 0.3 is 0 Å². The van der Waals surface area contributed by atoms with Gasteiger partial charge in [0.15, 0.2) is 11.5 Å². The Morgan fingerprint density at radius 2 is 1.51 bits per heavy atom. The first-order valence-corrected chi connectivity index (χ1v) is 11.8. The minimum atomic E-state index is -0.0970. The highest BCUT2D eigenvalue weighted by atomic mass is 16.5. The van der Waals surface area contributed by atoms with Crippen LogP contribution in [0.1, 0.15) is 27.9 Å². The average molecular weight is 469 g/mol. The fraction of sp³-hybridized carbons (Fsp3) is 0.233. The van der Waals surface area contributed by atoms with Crippen LogP contribution in [0.2, 0.25) is 0 Å². The summed E-state index contributed by atoms with van der Waals surface area (Å²) in [4.78, 5) is 15.0. The second-order valence-corrected chi connectivity index (χ2v) is 8.74. The Balaban J connectivity index is 1.25. The van der Waals surface area contributed by atoms with Crippen molar-refractivity contribution in [2.75, 3.05) is 33.1 Å². The molecule has 0 saturated carbocycles. The topological polar surface area (TPSA) is 50.8 Å². The second-order valence-electron chi connectivity index (χ2n) is 8.74. The molecule has 1 amide bonds. The summed E-state index contributed by atoms with van der Waals surface area (Å²) in [6.07, 6.45) is 2.03. The molecule has 0 spiro atoms. The molecule has 0 heterocycles. The minimum absolute atomic E-state index is 0.0970. The molecular formula is C30H32N2O3. The second kappa shape index (κ2) is 11.5. The summed E-state index contributed by atoms with van der Waals surface area (Å²) in [5.41, 5.74) is 3.91. The molecule has 5 heteroatoms. The number of rotatable bonds is 10. The summed E-state index contributed by atoms with van der Waals surface area (Å²) >= 11 is 0. The van der Waals surface area contributed by atoms with E-state index in [2.05, 4.69) is 35.5 Å². The quantitative estimate of drug-likeness (QED) is 0.302. The van der Waals surface area contributed by atoms with E-state index >= 15 is 0 Å². The number of hydrogen-bond donors (Lipinski definition) is 1. The van der Waals surface area contributed by atoms with E-state index in [0.29, 0.717) is 5.56 Å². The molecule has 180 valence electrons. The molecule has 35 heavy (non-hydrogen) atoms. The van der Waals surface area contributed by atoms with Crippen LogP contribution < -0.4 is 14.8 Å². The van der Waals surface area contributed by atoms with Crippen molar-refractivity contribution < 1.29 is 14.3 Å². The molecule has 0 aliphatic rings. The largest absolute Gasteiger partial charge is 0.493 e. The zero-order chi connectivity index (χ0) is 24.6. The van der Waals surface area contributed by atoms with Gasteiger partial charge in [0.05, 0.1) is 14.2 Å². The number of nitrogens with zero attached hydrogens (tertiary/aromatic N) is 1. The Kier molecular flexibility index (Phi) is 8.01. The zero-order valence-electron chi connectivity index (χ0n) is 20.6. The predicted octanol–water partition coefficient (Wildman–Crippen LogP) is 6.17. The third-order valence-electron chi connectivity index (χ3n) is 6.13. The van der Waals surface area contributed by atoms with Crippen molar-refractivity contribution in [3.8, 4) is 11.5 Å². The van der Waals surface area contributed by atoms with E-state index in [9.17, 15) is 4.79 Å². The Bertz CT molecular complexity index is 1280. The van der Waals surface area contributed by atoms with Crippen LogP contribution in [-0.2, 0) is 13.0 Å². The van der Waals surface area contributed by atoms with Crippen molar-refractivity contribution in [1.29, 1.82) is 0 Å². The fourth-order valence-corrected chi connectivity index (χ4v) is 4.21. The molecule has 0 radical (unpaired) electrons. The highest BCUT2D eigenvalue weighted by Gasteiger charge is 2.09. The Morgan fingerprint density at radius 3 is 2.26 bits per heavy atom. The van der Waals surface area contributed by atoms with Crippen molar-refractivity contribution >= 4 is 22.4 Å². The van der Waals surface area contributed by atoms with Crippen LogP contribution in [0.5, 0.6) is 11.5 Å². The lowest BCUT2D eigenvalue weighted by molar-refractivity contribution is 0.102.